The molecule has 0 bridgehead atoms. The Balaban J connectivity index is 1.57. The van der Waals surface area contributed by atoms with Gasteiger partial charge in [-0.3, -0.25) is 9.59 Å². The van der Waals surface area contributed by atoms with Crippen LogP contribution in [0.5, 0.6) is 0 Å². The summed E-state index contributed by atoms with van der Waals surface area (Å²) in [7, 11) is 0. The second kappa shape index (κ2) is 14.3. The van der Waals surface area contributed by atoms with Gasteiger partial charge in [-0.25, -0.2) is 4.79 Å². The molecule has 0 aromatic heterocycles. The molecule has 0 radical (unpaired) electrons. The van der Waals surface area contributed by atoms with Gasteiger partial charge in [0.05, 0.1) is 5.60 Å². The number of aliphatic hydroxyl groups excluding tert-OH is 1. The van der Waals surface area contributed by atoms with Gasteiger partial charge in [-0.1, -0.05) is 89.3 Å². The van der Waals surface area contributed by atoms with Crippen molar-refractivity contribution in [3.63, 3.8) is 0 Å². The van der Waals surface area contributed by atoms with Gasteiger partial charge in [-0.2, -0.15) is 0 Å². The fourth-order valence-corrected chi connectivity index (χ4v) is 7.65. The second-order valence-electron chi connectivity index (χ2n) is 14.6. The van der Waals surface area contributed by atoms with Crippen molar-refractivity contribution in [2.75, 3.05) is 6.54 Å². The number of carbonyl (C=O) groups excluding carboxylic acids is 3. The topological polar surface area (TPSA) is 113 Å². The van der Waals surface area contributed by atoms with Crippen molar-refractivity contribution in [1.82, 2.24) is 5.32 Å². The number of ketones is 2. The van der Waals surface area contributed by atoms with E-state index in [2.05, 4.69) is 50.4 Å². The fourth-order valence-electron chi connectivity index (χ4n) is 7.65. The molecule has 49 heavy (non-hydrogen) atoms. The molecule has 2 aromatic rings. The Bertz CT molecular complexity index is 1760. The molecule has 1 unspecified atom stereocenters. The van der Waals surface area contributed by atoms with Crippen molar-refractivity contribution < 1.29 is 29.3 Å². The van der Waals surface area contributed by atoms with E-state index in [1.54, 1.807) is 26.1 Å². The predicted octanol–water partition coefficient (Wildman–Crippen LogP) is 8.36. The zero-order chi connectivity index (χ0) is 35.6. The van der Waals surface area contributed by atoms with E-state index in [1.807, 2.05) is 18.2 Å². The summed E-state index contributed by atoms with van der Waals surface area (Å²) in [5.41, 5.74) is 2.90. The van der Waals surface area contributed by atoms with Gasteiger partial charge in [-0.05, 0) is 80.0 Å². The van der Waals surface area contributed by atoms with Crippen molar-refractivity contribution in [3.05, 3.63) is 99.8 Å². The van der Waals surface area contributed by atoms with Crippen molar-refractivity contribution in [1.29, 1.82) is 0 Å². The van der Waals surface area contributed by atoms with E-state index in [0.29, 0.717) is 23.3 Å². The second-order valence-corrected chi connectivity index (χ2v) is 14.6. The number of hydrogen-bond donors (Lipinski definition) is 3. The Labute approximate surface area is 290 Å². The lowest BCUT2D eigenvalue weighted by atomic mass is 9.70. The largest absolute Gasteiger partial charge is 0.507 e. The SMILES string of the molecule is CCCCN/C=C1\C(=O)C2(C)OC(=O)C(C(=O)/C=C(\O)c3ccc4c(c3)C(CCCC)(CCCC)c3ccccc3-4)=C2C=C1CC(C)(C)O. The van der Waals surface area contributed by atoms with Crippen LogP contribution < -0.4 is 5.32 Å². The molecular weight excluding hydrogens is 614 g/mol. The van der Waals surface area contributed by atoms with E-state index in [-0.39, 0.29) is 28.7 Å². The van der Waals surface area contributed by atoms with Gasteiger partial charge < -0.3 is 20.3 Å². The summed E-state index contributed by atoms with van der Waals surface area (Å²) in [6, 6.07) is 14.4. The molecule has 260 valence electrons. The van der Waals surface area contributed by atoms with E-state index in [9.17, 15) is 24.6 Å². The van der Waals surface area contributed by atoms with Gasteiger partial charge in [0.1, 0.15) is 11.3 Å². The van der Waals surface area contributed by atoms with Crippen LogP contribution in [0.15, 0.2) is 83.1 Å². The molecule has 5 rings (SSSR count). The van der Waals surface area contributed by atoms with Crippen molar-refractivity contribution in [2.45, 2.75) is 116 Å². The summed E-state index contributed by atoms with van der Waals surface area (Å²) in [5.74, 6) is -2.39. The van der Waals surface area contributed by atoms with Crippen LogP contribution in [0.1, 0.15) is 116 Å². The first kappa shape index (κ1) is 36.1. The first-order valence-corrected chi connectivity index (χ1v) is 17.9. The Hall–Kier alpha value is -4.23. The quantitative estimate of drug-likeness (QED) is 0.0576. The minimum absolute atomic E-state index is 0.117. The zero-order valence-electron chi connectivity index (χ0n) is 29.9. The van der Waals surface area contributed by atoms with Gasteiger partial charge in [0.25, 0.3) is 0 Å². The molecular formula is C42H51NO6. The molecule has 0 spiro atoms. The van der Waals surface area contributed by atoms with Crippen molar-refractivity contribution >= 4 is 23.3 Å². The summed E-state index contributed by atoms with van der Waals surface area (Å²) in [6.45, 7) is 11.9. The Morgan fingerprint density at radius 3 is 2.24 bits per heavy atom. The molecule has 1 atom stereocenters. The molecule has 0 fully saturated rings. The number of nitrogens with one attached hydrogen (secondary N) is 1. The van der Waals surface area contributed by atoms with Crippen LogP contribution in [0.4, 0.5) is 0 Å². The highest BCUT2D eigenvalue weighted by Crippen LogP contribution is 2.54. The smallest absolute Gasteiger partial charge is 0.343 e. The third kappa shape index (κ3) is 6.83. The lowest BCUT2D eigenvalue weighted by molar-refractivity contribution is -0.153. The van der Waals surface area contributed by atoms with E-state index in [0.717, 1.165) is 68.6 Å². The van der Waals surface area contributed by atoms with Gasteiger partial charge in [0.2, 0.25) is 5.78 Å². The molecule has 7 nitrogen and oxygen atoms in total. The van der Waals surface area contributed by atoms with E-state index in [4.69, 9.17) is 4.74 Å². The average Bonchev–Trinajstić information content (AvgIpc) is 3.49. The first-order valence-electron chi connectivity index (χ1n) is 17.9. The summed E-state index contributed by atoms with van der Waals surface area (Å²) in [5, 5.41) is 25.3. The average molecular weight is 666 g/mol. The number of aliphatic hydroxyl groups is 2. The molecule has 2 aromatic carbocycles. The number of Topliss-reactive ketones (excluding diaryl/α,β-unsaturated/α-hetero) is 1. The number of carbonyl (C=O) groups is 3. The third-order valence-corrected chi connectivity index (χ3v) is 10.2. The predicted molar refractivity (Wildman–Crippen MR) is 194 cm³/mol. The maximum atomic E-state index is 13.9. The standard InChI is InChI=1S/C42H51NO6/c1-7-10-19-42(20-11-8-2)32-16-14-13-15-29(32)30-18-17-27(22-33(30)42)35(44)24-36(45)37-34-23-28(25-40(4,5)48)31(26-43-21-12-9-3)38(46)41(34,6)49-39(37)47/h13-18,22-24,26,43-44,48H,7-12,19-21,25H2,1-6H3/b31-26-,35-24-. The molecule has 3 N–H and O–H groups in total. The lowest BCUT2D eigenvalue weighted by Gasteiger charge is -2.33. The van der Waals surface area contributed by atoms with Crippen LogP contribution in [0.2, 0.25) is 0 Å². The summed E-state index contributed by atoms with van der Waals surface area (Å²) in [4.78, 5) is 41.1. The number of fused-ring (bicyclic) bond motifs is 4. The number of unbranched alkanes of at least 4 members (excludes halogenated alkanes) is 3. The Morgan fingerprint density at radius 2 is 1.59 bits per heavy atom. The number of hydrogen-bond acceptors (Lipinski definition) is 7. The minimum atomic E-state index is -1.70. The molecule has 0 saturated carbocycles. The molecule has 7 heteroatoms. The van der Waals surface area contributed by atoms with Crippen LogP contribution in [0.25, 0.3) is 16.9 Å². The van der Waals surface area contributed by atoms with Crippen molar-refractivity contribution in [2.24, 2.45) is 0 Å². The lowest BCUT2D eigenvalue weighted by Crippen LogP contribution is -2.42. The highest BCUT2D eigenvalue weighted by molar-refractivity contribution is 6.28. The minimum Gasteiger partial charge on any atom is -0.507 e. The van der Waals surface area contributed by atoms with Gasteiger partial charge in [-0.15, -0.1) is 0 Å². The van der Waals surface area contributed by atoms with Crippen LogP contribution in [0, 0.1) is 0 Å². The normalized spacial score (nSPS) is 20.6. The van der Waals surface area contributed by atoms with Crippen LogP contribution in [-0.2, 0) is 24.5 Å². The summed E-state index contributed by atoms with van der Waals surface area (Å²) >= 11 is 0. The Kier molecular flexibility index (Phi) is 10.5. The molecule has 2 aliphatic carbocycles. The molecule has 3 aliphatic rings. The van der Waals surface area contributed by atoms with Gasteiger partial charge >= 0.3 is 5.97 Å². The number of benzene rings is 2. The van der Waals surface area contributed by atoms with Gasteiger partial charge in [0.15, 0.2) is 11.4 Å². The molecule has 0 saturated heterocycles. The number of esters is 1. The fraction of sp³-hybridized carbons (Fsp3) is 0.452. The van der Waals surface area contributed by atoms with E-state index < -0.39 is 28.7 Å². The molecule has 1 heterocycles. The molecule has 0 amide bonds. The maximum absolute atomic E-state index is 13.9. The van der Waals surface area contributed by atoms with Crippen LogP contribution >= 0.6 is 0 Å². The number of allylic oxidation sites excluding steroid dienone is 1. The number of rotatable bonds is 15. The monoisotopic (exact) mass is 665 g/mol. The van der Waals surface area contributed by atoms with Crippen LogP contribution in [0.3, 0.4) is 0 Å². The highest BCUT2D eigenvalue weighted by Gasteiger charge is 2.54. The molecule has 1 aliphatic heterocycles. The zero-order valence-corrected chi connectivity index (χ0v) is 29.9. The van der Waals surface area contributed by atoms with E-state index >= 15 is 0 Å². The maximum Gasteiger partial charge on any atom is 0.343 e. The van der Waals surface area contributed by atoms with Crippen LogP contribution in [-0.4, -0.2) is 45.5 Å². The third-order valence-electron chi connectivity index (χ3n) is 10.2. The first-order chi connectivity index (χ1) is 23.3. The Morgan fingerprint density at radius 1 is 0.939 bits per heavy atom. The highest BCUT2D eigenvalue weighted by atomic mass is 16.6. The van der Waals surface area contributed by atoms with Crippen molar-refractivity contribution in [3.8, 4) is 11.1 Å². The van der Waals surface area contributed by atoms with Gasteiger partial charge in [0, 0.05) is 47.4 Å². The summed E-state index contributed by atoms with van der Waals surface area (Å²) < 4.78 is 5.65. The van der Waals surface area contributed by atoms with E-state index in [1.165, 1.54) is 18.1 Å². The summed E-state index contributed by atoms with van der Waals surface area (Å²) in [6.07, 6.45) is 12.5. The number of ether oxygens (including phenoxy) is 1.